The van der Waals surface area contributed by atoms with E-state index in [0.717, 1.165) is 17.5 Å². The number of carbonyl (C=O) groups excluding carboxylic acids is 2. The summed E-state index contributed by atoms with van der Waals surface area (Å²) in [6.07, 6.45) is 8.77. The summed E-state index contributed by atoms with van der Waals surface area (Å²) in [5, 5.41) is 9.68. The summed E-state index contributed by atoms with van der Waals surface area (Å²) in [7, 11) is 0. The number of para-hydroxylation sites is 1. The lowest BCUT2D eigenvalue weighted by Gasteiger charge is -2.07. The largest absolute Gasteiger partial charge is 0.507 e. The number of hydrogen-bond acceptors (Lipinski definition) is 4. The van der Waals surface area contributed by atoms with Crippen molar-refractivity contribution < 1.29 is 19.4 Å². The maximum atomic E-state index is 12.0. The van der Waals surface area contributed by atoms with Gasteiger partial charge in [0.2, 0.25) is 0 Å². The third-order valence-electron chi connectivity index (χ3n) is 6.15. The molecule has 4 rings (SSSR count). The van der Waals surface area contributed by atoms with Gasteiger partial charge in [0, 0.05) is 11.1 Å². The van der Waals surface area contributed by atoms with Gasteiger partial charge in [0.1, 0.15) is 17.1 Å². The molecular formula is C34H36O4. The number of hydrogen-bond donors (Lipinski definition) is 1. The molecule has 0 spiro atoms. The van der Waals surface area contributed by atoms with Crippen LogP contribution in [0.4, 0.5) is 0 Å². The van der Waals surface area contributed by atoms with E-state index in [0.29, 0.717) is 5.75 Å². The second kappa shape index (κ2) is 15.8. The van der Waals surface area contributed by atoms with Crippen molar-refractivity contribution in [3.8, 4) is 11.5 Å². The van der Waals surface area contributed by atoms with E-state index in [9.17, 15) is 14.7 Å². The maximum absolute atomic E-state index is 12.0. The lowest BCUT2D eigenvalue weighted by molar-refractivity contribution is 0.0731. The van der Waals surface area contributed by atoms with E-state index in [2.05, 4.69) is 6.92 Å². The van der Waals surface area contributed by atoms with Crippen LogP contribution in [-0.4, -0.2) is 16.9 Å². The van der Waals surface area contributed by atoms with Gasteiger partial charge in [0.25, 0.3) is 0 Å². The number of ketones is 1. The van der Waals surface area contributed by atoms with Crippen LogP contribution >= 0.6 is 0 Å². The molecule has 0 fully saturated rings. The number of unbranched alkanes of at least 4 members (excludes halogenated alkanes) is 5. The standard InChI is InChI=1S/C21H26O3.C13H10O/c1-2-3-4-5-6-7-10-17-13-15-18(16-14-17)24-21(23)19-11-8-9-12-20(19)22;14-13(11-7-3-1-4-8-11)12-9-5-2-6-10-12/h8-9,11-16,22H,2-7,10H2,1H3;1-10H. The highest BCUT2D eigenvalue weighted by molar-refractivity contribution is 6.08. The normalized spacial score (nSPS) is 10.2. The molecule has 0 radical (unpaired) electrons. The van der Waals surface area contributed by atoms with E-state index in [1.54, 1.807) is 18.2 Å². The Kier molecular flexibility index (Phi) is 11.8. The highest BCUT2D eigenvalue weighted by atomic mass is 16.5. The van der Waals surface area contributed by atoms with Crippen molar-refractivity contribution in [2.75, 3.05) is 0 Å². The number of esters is 1. The number of carbonyl (C=O) groups is 2. The van der Waals surface area contributed by atoms with Crippen LogP contribution in [-0.2, 0) is 6.42 Å². The number of rotatable bonds is 11. The summed E-state index contributed by atoms with van der Waals surface area (Å²) in [4.78, 5) is 23.9. The molecule has 0 bridgehead atoms. The number of aromatic hydroxyl groups is 1. The molecular weight excluding hydrogens is 472 g/mol. The fourth-order valence-corrected chi connectivity index (χ4v) is 3.99. The van der Waals surface area contributed by atoms with E-state index in [4.69, 9.17) is 4.74 Å². The Hall–Kier alpha value is -4.18. The maximum Gasteiger partial charge on any atom is 0.347 e. The Labute approximate surface area is 225 Å². The molecule has 0 aliphatic heterocycles. The topological polar surface area (TPSA) is 63.6 Å². The predicted octanol–water partition coefficient (Wildman–Crippen LogP) is 8.43. The molecule has 0 aliphatic carbocycles. The molecule has 196 valence electrons. The third kappa shape index (κ3) is 9.36. The molecule has 0 amide bonds. The smallest absolute Gasteiger partial charge is 0.347 e. The monoisotopic (exact) mass is 508 g/mol. The van der Waals surface area contributed by atoms with E-state index >= 15 is 0 Å². The first-order valence-electron chi connectivity index (χ1n) is 13.3. The van der Waals surface area contributed by atoms with Crippen LogP contribution in [0, 0.1) is 0 Å². The Bertz CT molecular complexity index is 1210. The van der Waals surface area contributed by atoms with Gasteiger partial charge < -0.3 is 9.84 Å². The highest BCUT2D eigenvalue weighted by Crippen LogP contribution is 2.20. The van der Waals surface area contributed by atoms with Crippen molar-refractivity contribution in [1.29, 1.82) is 0 Å². The SMILES string of the molecule is CCCCCCCCc1ccc(OC(=O)c2ccccc2O)cc1.O=C(c1ccccc1)c1ccccc1. The van der Waals surface area contributed by atoms with Gasteiger partial charge in [-0.15, -0.1) is 0 Å². The number of benzene rings is 4. The number of ether oxygens (including phenoxy) is 1. The molecule has 0 heterocycles. The highest BCUT2D eigenvalue weighted by Gasteiger charge is 2.12. The molecule has 38 heavy (non-hydrogen) atoms. The van der Waals surface area contributed by atoms with E-state index in [-0.39, 0.29) is 17.1 Å². The van der Waals surface area contributed by atoms with Crippen molar-refractivity contribution in [3.63, 3.8) is 0 Å². The lowest BCUT2D eigenvalue weighted by atomic mass is 10.0. The minimum Gasteiger partial charge on any atom is -0.507 e. The number of phenols is 1. The van der Waals surface area contributed by atoms with Crippen LogP contribution in [0.1, 0.15) is 77.3 Å². The van der Waals surface area contributed by atoms with Gasteiger partial charge in [-0.25, -0.2) is 4.79 Å². The van der Waals surface area contributed by atoms with Crippen LogP contribution in [0.25, 0.3) is 0 Å². The van der Waals surface area contributed by atoms with Crippen molar-refractivity contribution in [1.82, 2.24) is 0 Å². The van der Waals surface area contributed by atoms with Gasteiger partial charge in [-0.1, -0.05) is 124 Å². The molecule has 1 N–H and O–H groups in total. The van der Waals surface area contributed by atoms with E-state index in [1.165, 1.54) is 50.2 Å². The van der Waals surface area contributed by atoms with Crippen LogP contribution in [0.5, 0.6) is 11.5 Å². The van der Waals surface area contributed by atoms with Crippen molar-refractivity contribution in [2.45, 2.75) is 51.9 Å². The van der Waals surface area contributed by atoms with Gasteiger partial charge in [-0.3, -0.25) is 4.79 Å². The van der Waals surface area contributed by atoms with E-state index in [1.807, 2.05) is 84.9 Å². The second-order valence-electron chi connectivity index (χ2n) is 9.13. The Balaban J connectivity index is 0.000000241. The summed E-state index contributed by atoms with van der Waals surface area (Å²) >= 11 is 0. The van der Waals surface area contributed by atoms with Crippen LogP contribution in [0.3, 0.4) is 0 Å². The van der Waals surface area contributed by atoms with Gasteiger partial charge in [0.15, 0.2) is 5.78 Å². The second-order valence-corrected chi connectivity index (χ2v) is 9.13. The number of aryl methyl sites for hydroxylation is 1. The van der Waals surface area contributed by atoms with Crippen molar-refractivity contribution in [2.24, 2.45) is 0 Å². The molecule has 0 saturated carbocycles. The molecule has 4 aromatic rings. The fraction of sp³-hybridized carbons (Fsp3) is 0.235. The summed E-state index contributed by atoms with van der Waals surface area (Å²) < 4.78 is 5.31. The van der Waals surface area contributed by atoms with Gasteiger partial charge in [-0.05, 0) is 42.7 Å². The average Bonchev–Trinajstić information content (AvgIpc) is 2.97. The quantitative estimate of drug-likeness (QED) is 0.0955. The first-order valence-corrected chi connectivity index (χ1v) is 13.3. The molecule has 4 aromatic carbocycles. The molecule has 4 heteroatoms. The zero-order chi connectivity index (χ0) is 27.0. The first kappa shape index (κ1) is 28.4. The van der Waals surface area contributed by atoms with Gasteiger partial charge in [0.05, 0.1) is 0 Å². The molecule has 0 aromatic heterocycles. The van der Waals surface area contributed by atoms with Gasteiger partial charge >= 0.3 is 5.97 Å². The Morgan fingerprint density at radius 2 is 1.16 bits per heavy atom. The van der Waals surface area contributed by atoms with E-state index < -0.39 is 5.97 Å². The molecule has 0 unspecified atom stereocenters. The molecule has 4 nitrogen and oxygen atoms in total. The lowest BCUT2D eigenvalue weighted by Crippen LogP contribution is -2.08. The average molecular weight is 509 g/mol. The van der Waals surface area contributed by atoms with Crippen molar-refractivity contribution >= 4 is 11.8 Å². The fourth-order valence-electron chi connectivity index (χ4n) is 3.99. The molecule has 0 atom stereocenters. The van der Waals surface area contributed by atoms with Crippen LogP contribution < -0.4 is 4.74 Å². The van der Waals surface area contributed by atoms with Gasteiger partial charge in [-0.2, -0.15) is 0 Å². The van der Waals surface area contributed by atoms with Crippen LogP contribution in [0.2, 0.25) is 0 Å². The summed E-state index contributed by atoms with van der Waals surface area (Å²) in [5.41, 5.74) is 2.90. The summed E-state index contributed by atoms with van der Waals surface area (Å²) in [6.45, 7) is 2.23. The Morgan fingerprint density at radius 3 is 1.74 bits per heavy atom. The molecule has 0 saturated heterocycles. The number of phenolic OH excluding ortho intramolecular Hbond substituents is 1. The Morgan fingerprint density at radius 1 is 0.632 bits per heavy atom. The van der Waals surface area contributed by atoms with Crippen molar-refractivity contribution in [3.05, 3.63) is 131 Å². The minimum absolute atomic E-state index is 0.0674. The molecule has 0 aliphatic rings. The zero-order valence-corrected chi connectivity index (χ0v) is 22.0. The zero-order valence-electron chi connectivity index (χ0n) is 22.0. The summed E-state index contributed by atoms with van der Waals surface area (Å²) in [6, 6.07) is 32.6. The minimum atomic E-state index is -0.545. The summed E-state index contributed by atoms with van der Waals surface area (Å²) in [5.74, 6) is -0.0416. The van der Waals surface area contributed by atoms with Crippen LogP contribution in [0.15, 0.2) is 109 Å². The predicted molar refractivity (Wildman–Crippen MR) is 153 cm³/mol. The third-order valence-corrected chi connectivity index (χ3v) is 6.15. The first-order chi connectivity index (χ1) is 18.6.